The molecular weight excluding hydrogens is 532 g/mol. The van der Waals surface area contributed by atoms with Gasteiger partial charge in [-0.05, 0) is 40.7 Å². The third-order valence-electron chi connectivity index (χ3n) is 9.06. The standard InChI is InChI=1S/C29H32N4O8/c1-11-23(35)14-8-17-22-21-15(24(36)12(2)28(41-6)26(21)38)7-16(32(22)4)18(9-30)33(17)19(10-31-29(39)13(3)34)20(14)25(37)27(11)40-5/h13,16-19,22,34H,7-8,10H2,1-6H3,(H,31,39). The Morgan fingerprint density at radius 1 is 0.976 bits per heavy atom. The van der Waals surface area contributed by atoms with E-state index in [9.17, 15) is 34.3 Å². The van der Waals surface area contributed by atoms with Crippen molar-refractivity contribution in [3.8, 4) is 6.07 Å². The number of ether oxygens (including phenoxy) is 2. The average Bonchev–Trinajstić information content (AvgIpc) is 2.93. The second-order valence-corrected chi connectivity index (χ2v) is 11.0. The summed E-state index contributed by atoms with van der Waals surface area (Å²) < 4.78 is 10.6. The fraction of sp³-hybridized carbons (Fsp3) is 0.517. The third-order valence-corrected chi connectivity index (χ3v) is 9.06. The number of allylic oxidation sites excluding steroid dienone is 4. The van der Waals surface area contributed by atoms with Gasteiger partial charge in [-0.3, -0.25) is 33.8 Å². The zero-order valence-corrected chi connectivity index (χ0v) is 23.7. The van der Waals surface area contributed by atoms with Crippen molar-refractivity contribution in [2.24, 2.45) is 0 Å². The lowest BCUT2D eigenvalue weighted by Crippen LogP contribution is -2.74. The zero-order valence-electron chi connectivity index (χ0n) is 23.7. The van der Waals surface area contributed by atoms with Crippen molar-refractivity contribution in [2.45, 2.75) is 69.9 Å². The van der Waals surface area contributed by atoms with E-state index in [2.05, 4.69) is 11.4 Å². The Labute approximate surface area is 236 Å². The van der Waals surface area contributed by atoms with Crippen LogP contribution in [0.1, 0.15) is 33.6 Å². The van der Waals surface area contributed by atoms with E-state index in [1.54, 1.807) is 18.9 Å². The molecule has 41 heavy (non-hydrogen) atoms. The van der Waals surface area contributed by atoms with Gasteiger partial charge in [-0.2, -0.15) is 5.26 Å². The molecule has 0 radical (unpaired) electrons. The van der Waals surface area contributed by atoms with Crippen LogP contribution >= 0.6 is 0 Å². The Hall–Kier alpha value is -3.92. The Balaban J connectivity index is 1.71. The molecule has 2 aliphatic carbocycles. The number of rotatable bonds is 5. The maximum atomic E-state index is 13.8. The molecule has 2 N–H and O–H groups in total. The Morgan fingerprint density at radius 3 is 2.00 bits per heavy atom. The smallest absolute Gasteiger partial charge is 0.248 e. The number of carbonyl (C=O) groups excluding carboxylic acids is 5. The number of nitriles is 1. The van der Waals surface area contributed by atoms with Gasteiger partial charge in [0.05, 0.1) is 32.4 Å². The molecular formula is C29H32N4O8. The van der Waals surface area contributed by atoms with Crippen molar-refractivity contribution in [2.75, 3.05) is 27.8 Å². The van der Waals surface area contributed by atoms with Gasteiger partial charge in [0.15, 0.2) is 23.1 Å². The fourth-order valence-electron chi connectivity index (χ4n) is 7.16. The lowest BCUT2D eigenvalue weighted by atomic mass is 9.67. The number of hydrogen-bond donors (Lipinski definition) is 2. The highest BCUT2D eigenvalue weighted by atomic mass is 16.5. The summed E-state index contributed by atoms with van der Waals surface area (Å²) in [5.74, 6) is -2.48. The minimum atomic E-state index is -1.33. The van der Waals surface area contributed by atoms with Crippen molar-refractivity contribution in [3.63, 3.8) is 0 Å². The fourth-order valence-corrected chi connectivity index (χ4v) is 7.16. The van der Waals surface area contributed by atoms with Gasteiger partial charge < -0.3 is 19.9 Å². The minimum Gasteiger partial charge on any atom is -0.492 e. The maximum Gasteiger partial charge on any atom is 0.248 e. The van der Waals surface area contributed by atoms with Gasteiger partial charge in [0, 0.05) is 52.1 Å². The molecule has 12 nitrogen and oxygen atoms in total. The first-order chi connectivity index (χ1) is 19.4. The molecule has 216 valence electrons. The predicted octanol–water partition coefficient (Wildman–Crippen LogP) is -0.358. The van der Waals surface area contributed by atoms with Gasteiger partial charge in [-0.1, -0.05) is 0 Å². The van der Waals surface area contributed by atoms with Crippen molar-refractivity contribution >= 4 is 29.0 Å². The van der Waals surface area contributed by atoms with Crippen molar-refractivity contribution < 1.29 is 38.6 Å². The number of nitrogens with one attached hydrogen (secondary N) is 1. The molecule has 3 heterocycles. The van der Waals surface area contributed by atoms with Crippen LogP contribution in [0.3, 0.4) is 0 Å². The molecule has 1 amide bonds. The molecule has 6 atom stereocenters. The van der Waals surface area contributed by atoms with Crippen LogP contribution < -0.4 is 5.32 Å². The molecule has 12 heteroatoms. The first-order valence-corrected chi connectivity index (χ1v) is 13.4. The van der Waals surface area contributed by atoms with Crippen LogP contribution in [0.15, 0.2) is 45.0 Å². The first-order valence-electron chi connectivity index (χ1n) is 13.4. The van der Waals surface area contributed by atoms with Crippen LogP contribution in [0.2, 0.25) is 0 Å². The number of amides is 1. The van der Waals surface area contributed by atoms with Gasteiger partial charge in [0.25, 0.3) is 0 Å². The first kappa shape index (κ1) is 28.6. The summed E-state index contributed by atoms with van der Waals surface area (Å²) in [5, 5.41) is 22.9. The van der Waals surface area contributed by atoms with Crippen LogP contribution in [0.5, 0.6) is 0 Å². The molecule has 5 rings (SSSR count). The van der Waals surface area contributed by atoms with E-state index in [-0.39, 0.29) is 64.6 Å². The number of nitrogens with zero attached hydrogens (tertiary/aromatic N) is 3. The summed E-state index contributed by atoms with van der Waals surface area (Å²) in [6.07, 6.45) is -1.18. The molecule has 3 aliphatic heterocycles. The van der Waals surface area contributed by atoms with Gasteiger partial charge >= 0.3 is 0 Å². The van der Waals surface area contributed by atoms with E-state index in [0.717, 1.165) is 0 Å². The van der Waals surface area contributed by atoms with E-state index < -0.39 is 59.6 Å². The van der Waals surface area contributed by atoms with E-state index >= 15 is 0 Å². The van der Waals surface area contributed by atoms with Gasteiger partial charge in [0.2, 0.25) is 17.5 Å². The highest BCUT2D eigenvalue weighted by Crippen LogP contribution is 2.48. The highest BCUT2D eigenvalue weighted by molar-refractivity contribution is 6.26. The lowest BCUT2D eigenvalue weighted by molar-refractivity contribution is -0.130. The number of piperazine rings is 1. The van der Waals surface area contributed by atoms with E-state index in [1.165, 1.54) is 28.1 Å². The summed E-state index contributed by atoms with van der Waals surface area (Å²) in [4.78, 5) is 70.8. The molecule has 1 saturated heterocycles. The molecule has 0 aromatic rings. The average molecular weight is 565 g/mol. The summed E-state index contributed by atoms with van der Waals surface area (Å²) in [5.41, 5.74) is 1.29. The molecule has 5 aliphatic rings. The summed E-state index contributed by atoms with van der Waals surface area (Å²) in [6.45, 7) is 4.16. The SMILES string of the molecule is COC1=C(C)C(=O)C2=C(C1=O)C1C3CC4=C(C(=O)C(OC)=C(C)C4=O)C(CNC(=O)C(C)O)N3C(C#N)C(C2)N1C. The van der Waals surface area contributed by atoms with Crippen molar-refractivity contribution in [1.29, 1.82) is 5.26 Å². The molecule has 0 saturated carbocycles. The summed E-state index contributed by atoms with van der Waals surface area (Å²) >= 11 is 0. The molecule has 6 unspecified atom stereocenters. The number of hydrogen-bond acceptors (Lipinski definition) is 11. The number of likely N-dealkylation sites (N-methyl/N-ethyl adjacent to an activating group) is 1. The molecule has 1 fully saturated rings. The number of methoxy groups -OCH3 is 2. The number of carbonyl (C=O) groups is 5. The highest BCUT2D eigenvalue weighted by Gasteiger charge is 2.59. The molecule has 0 spiro atoms. The Morgan fingerprint density at radius 2 is 1.49 bits per heavy atom. The number of aliphatic hydroxyl groups excluding tert-OH is 1. The van der Waals surface area contributed by atoms with Crippen LogP contribution in [0.25, 0.3) is 0 Å². The summed E-state index contributed by atoms with van der Waals surface area (Å²) in [6, 6.07) is -1.38. The van der Waals surface area contributed by atoms with Gasteiger partial charge in [-0.25, -0.2) is 0 Å². The topological polar surface area (TPSA) is 166 Å². The number of ketones is 4. The molecule has 0 aromatic heterocycles. The predicted molar refractivity (Wildman–Crippen MR) is 142 cm³/mol. The Bertz CT molecular complexity index is 1480. The quantitative estimate of drug-likeness (QED) is 0.419. The van der Waals surface area contributed by atoms with Gasteiger partial charge in [-0.15, -0.1) is 0 Å². The van der Waals surface area contributed by atoms with E-state index in [0.29, 0.717) is 5.57 Å². The van der Waals surface area contributed by atoms with Crippen LogP contribution in [0, 0.1) is 11.3 Å². The largest absolute Gasteiger partial charge is 0.492 e. The van der Waals surface area contributed by atoms with Crippen LogP contribution in [-0.4, -0.2) is 108 Å². The monoisotopic (exact) mass is 564 g/mol. The Kier molecular flexibility index (Phi) is 7.09. The number of fused-ring (bicyclic) bond motifs is 5. The van der Waals surface area contributed by atoms with Crippen LogP contribution in [-0.2, 0) is 33.4 Å². The second kappa shape index (κ2) is 10.2. The van der Waals surface area contributed by atoms with Crippen molar-refractivity contribution in [3.05, 3.63) is 45.0 Å². The summed E-state index contributed by atoms with van der Waals surface area (Å²) in [7, 11) is 4.41. The third kappa shape index (κ3) is 3.94. The van der Waals surface area contributed by atoms with E-state index in [1.807, 2.05) is 4.90 Å². The molecule has 2 bridgehead atoms. The zero-order chi connectivity index (χ0) is 30.1. The van der Waals surface area contributed by atoms with Gasteiger partial charge in [0.1, 0.15) is 12.1 Å². The minimum absolute atomic E-state index is 0.0261. The molecule has 0 aromatic carbocycles. The lowest BCUT2D eigenvalue weighted by Gasteiger charge is -2.60. The van der Waals surface area contributed by atoms with Crippen LogP contribution in [0.4, 0.5) is 0 Å². The van der Waals surface area contributed by atoms with Crippen molar-refractivity contribution in [1.82, 2.24) is 15.1 Å². The number of Topliss-reactive ketones (excluding diaryl/α,β-unsaturated/α-hetero) is 4. The normalized spacial score (nSPS) is 31.0. The maximum absolute atomic E-state index is 13.8. The van der Waals surface area contributed by atoms with E-state index in [4.69, 9.17) is 9.47 Å². The number of aliphatic hydroxyl groups is 1. The second-order valence-electron chi connectivity index (χ2n) is 11.0.